The third-order valence-corrected chi connectivity index (χ3v) is 2.75. The third kappa shape index (κ3) is 2.33. The molecule has 3 rings (SSSR count). The fraction of sp³-hybridized carbons (Fsp3) is 0.154. The standard InChI is InChI=1S/C13H10ClNO3/c14-13-5-9(3-4-15-13)7-16-10-1-2-11-12(6-10)18-8-17-11/h1-6H,7-8H2. The normalized spacial score (nSPS) is 12.5. The van der Waals surface area contributed by atoms with Crippen molar-refractivity contribution in [2.45, 2.75) is 6.61 Å². The lowest BCUT2D eigenvalue weighted by Crippen LogP contribution is -1.95. The molecule has 0 unspecified atom stereocenters. The summed E-state index contributed by atoms with van der Waals surface area (Å²) < 4.78 is 16.2. The number of nitrogens with zero attached hydrogens (tertiary/aromatic N) is 1. The Labute approximate surface area is 109 Å². The molecule has 0 radical (unpaired) electrons. The molecule has 0 saturated carbocycles. The first-order valence-electron chi connectivity index (χ1n) is 5.44. The van der Waals surface area contributed by atoms with Gasteiger partial charge in [0.05, 0.1) is 0 Å². The summed E-state index contributed by atoms with van der Waals surface area (Å²) in [5.41, 5.74) is 0.965. The van der Waals surface area contributed by atoms with E-state index in [1.807, 2.05) is 24.3 Å². The van der Waals surface area contributed by atoms with E-state index in [1.54, 1.807) is 12.3 Å². The van der Waals surface area contributed by atoms with Crippen molar-refractivity contribution in [2.75, 3.05) is 6.79 Å². The Morgan fingerprint density at radius 3 is 2.94 bits per heavy atom. The van der Waals surface area contributed by atoms with E-state index in [2.05, 4.69) is 4.98 Å². The van der Waals surface area contributed by atoms with Gasteiger partial charge in [0.15, 0.2) is 11.5 Å². The Hall–Kier alpha value is -1.94. The molecule has 2 aromatic rings. The van der Waals surface area contributed by atoms with Gasteiger partial charge in [-0.2, -0.15) is 0 Å². The van der Waals surface area contributed by atoms with Crippen LogP contribution >= 0.6 is 11.6 Å². The number of hydrogen-bond donors (Lipinski definition) is 0. The summed E-state index contributed by atoms with van der Waals surface area (Å²) in [6.07, 6.45) is 1.65. The number of benzene rings is 1. The van der Waals surface area contributed by atoms with Crippen LogP contribution in [0.2, 0.25) is 5.15 Å². The topological polar surface area (TPSA) is 40.6 Å². The van der Waals surface area contributed by atoms with Crippen LogP contribution in [0.1, 0.15) is 5.56 Å². The van der Waals surface area contributed by atoms with Gasteiger partial charge in [0.2, 0.25) is 6.79 Å². The van der Waals surface area contributed by atoms with Gasteiger partial charge in [-0.3, -0.25) is 0 Å². The van der Waals surface area contributed by atoms with Gasteiger partial charge < -0.3 is 14.2 Å². The van der Waals surface area contributed by atoms with Crippen molar-refractivity contribution in [3.63, 3.8) is 0 Å². The third-order valence-electron chi connectivity index (χ3n) is 2.54. The minimum Gasteiger partial charge on any atom is -0.489 e. The number of fused-ring (bicyclic) bond motifs is 1. The molecule has 1 aromatic carbocycles. The SMILES string of the molecule is Clc1cc(COc2ccc3c(c2)OCO3)ccn1. The van der Waals surface area contributed by atoms with Crippen molar-refractivity contribution in [3.8, 4) is 17.2 Å². The van der Waals surface area contributed by atoms with Crippen molar-refractivity contribution in [3.05, 3.63) is 47.2 Å². The van der Waals surface area contributed by atoms with Crippen molar-refractivity contribution >= 4 is 11.6 Å². The van der Waals surface area contributed by atoms with Crippen LogP contribution in [0.5, 0.6) is 17.2 Å². The predicted molar refractivity (Wildman–Crippen MR) is 66.1 cm³/mol. The summed E-state index contributed by atoms with van der Waals surface area (Å²) in [4.78, 5) is 3.92. The van der Waals surface area contributed by atoms with Crippen LogP contribution < -0.4 is 14.2 Å². The van der Waals surface area contributed by atoms with Crippen LogP contribution in [0, 0.1) is 0 Å². The van der Waals surface area contributed by atoms with Crippen molar-refractivity contribution in [2.24, 2.45) is 0 Å². The highest BCUT2D eigenvalue weighted by Gasteiger charge is 2.13. The average molecular weight is 264 g/mol. The van der Waals surface area contributed by atoms with Crippen molar-refractivity contribution in [1.82, 2.24) is 4.98 Å². The summed E-state index contributed by atoms with van der Waals surface area (Å²) >= 11 is 5.80. The molecule has 0 saturated heterocycles. The lowest BCUT2D eigenvalue weighted by atomic mass is 10.3. The Morgan fingerprint density at radius 1 is 1.17 bits per heavy atom. The Morgan fingerprint density at radius 2 is 2.06 bits per heavy atom. The first-order valence-corrected chi connectivity index (χ1v) is 5.82. The van der Waals surface area contributed by atoms with Crippen LogP contribution in [-0.2, 0) is 6.61 Å². The largest absolute Gasteiger partial charge is 0.489 e. The van der Waals surface area contributed by atoms with E-state index in [4.69, 9.17) is 25.8 Å². The molecule has 0 amide bonds. The molecule has 1 aromatic heterocycles. The highest BCUT2D eigenvalue weighted by atomic mass is 35.5. The maximum atomic E-state index is 5.80. The Balaban J connectivity index is 1.70. The Bertz CT molecular complexity index is 574. The molecule has 92 valence electrons. The molecule has 0 bridgehead atoms. The Kier molecular flexibility index (Phi) is 2.94. The second-order valence-electron chi connectivity index (χ2n) is 3.79. The zero-order valence-corrected chi connectivity index (χ0v) is 10.2. The van der Waals surface area contributed by atoms with E-state index in [9.17, 15) is 0 Å². The number of ether oxygens (including phenoxy) is 3. The van der Waals surface area contributed by atoms with Gasteiger partial charge in [-0.1, -0.05) is 11.6 Å². The summed E-state index contributed by atoms with van der Waals surface area (Å²) in [7, 11) is 0. The number of halogens is 1. The van der Waals surface area contributed by atoms with Crippen LogP contribution in [0.25, 0.3) is 0 Å². The van der Waals surface area contributed by atoms with E-state index in [-0.39, 0.29) is 6.79 Å². The van der Waals surface area contributed by atoms with Crippen LogP contribution in [0.3, 0.4) is 0 Å². The van der Waals surface area contributed by atoms with Gasteiger partial charge in [0.1, 0.15) is 17.5 Å². The highest BCUT2D eigenvalue weighted by Crippen LogP contribution is 2.35. The predicted octanol–water partition coefficient (Wildman–Crippen LogP) is 3.04. The summed E-state index contributed by atoms with van der Waals surface area (Å²) in [5.74, 6) is 2.18. The van der Waals surface area contributed by atoms with E-state index < -0.39 is 0 Å². The van der Waals surface area contributed by atoms with Gasteiger partial charge in [-0.05, 0) is 29.8 Å². The maximum Gasteiger partial charge on any atom is 0.231 e. The quantitative estimate of drug-likeness (QED) is 0.798. The van der Waals surface area contributed by atoms with Crippen LogP contribution in [0.15, 0.2) is 36.5 Å². The lowest BCUT2D eigenvalue weighted by Gasteiger charge is -2.07. The number of aromatic nitrogens is 1. The van der Waals surface area contributed by atoms with E-state index >= 15 is 0 Å². The molecule has 0 spiro atoms. The summed E-state index contributed by atoms with van der Waals surface area (Å²) in [6, 6.07) is 9.12. The van der Waals surface area contributed by atoms with E-state index in [1.165, 1.54) is 0 Å². The highest BCUT2D eigenvalue weighted by molar-refractivity contribution is 6.29. The lowest BCUT2D eigenvalue weighted by molar-refractivity contribution is 0.173. The molecule has 5 heteroatoms. The van der Waals surface area contributed by atoms with E-state index in [0.29, 0.717) is 17.5 Å². The van der Waals surface area contributed by atoms with Crippen LogP contribution in [0.4, 0.5) is 0 Å². The number of rotatable bonds is 3. The van der Waals surface area contributed by atoms with Crippen molar-refractivity contribution in [1.29, 1.82) is 0 Å². The second-order valence-corrected chi connectivity index (χ2v) is 4.18. The fourth-order valence-corrected chi connectivity index (χ4v) is 1.86. The second kappa shape index (κ2) is 4.74. The zero-order chi connectivity index (χ0) is 12.4. The molecular weight excluding hydrogens is 254 g/mol. The molecule has 0 aliphatic carbocycles. The molecular formula is C13H10ClNO3. The minimum absolute atomic E-state index is 0.263. The molecule has 0 N–H and O–H groups in total. The van der Waals surface area contributed by atoms with Crippen LogP contribution in [-0.4, -0.2) is 11.8 Å². The number of hydrogen-bond acceptors (Lipinski definition) is 4. The van der Waals surface area contributed by atoms with Gasteiger partial charge in [0, 0.05) is 12.3 Å². The maximum absolute atomic E-state index is 5.80. The van der Waals surface area contributed by atoms with E-state index in [0.717, 1.165) is 17.1 Å². The number of pyridine rings is 1. The van der Waals surface area contributed by atoms with Gasteiger partial charge in [-0.25, -0.2) is 4.98 Å². The monoisotopic (exact) mass is 263 g/mol. The fourth-order valence-electron chi connectivity index (χ4n) is 1.67. The molecule has 2 heterocycles. The zero-order valence-electron chi connectivity index (χ0n) is 9.43. The molecule has 0 atom stereocenters. The van der Waals surface area contributed by atoms with Gasteiger partial charge >= 0.3 is 0 Å². The molecule has 18 heavy (non-hydrogen) atoms. The molecule has 4 nitrogen and oxygen atoms in total. The minimum atomic E-state index is 0.263. The first kappa shape index (κ1) is 11.2. The first-order chi connectivity index (χ1) is 8.81. The molecule has 0 fully saturated rings. The summed E-state index contributed by atoms with van der Waals surface area (Å²) in [6.45, 7) is 0.695. The molecule has 1 aliphatic rings. The van der Waals surface area contributed by atoms with Crippen molar-refractivity contribution < 1.29 is 14.2 Å². The van der Waals surface area contributed by atoms with Gasteiger partial charge in [0.25, 0.3) is 0 Å². The van der Waals surface area contributed by atoms with Gasteiger partial charge in [-0.15, -0.1) is 0 Å². The molecule has 1 aliphatic heterocycles. The average Bonchev–Trinajstić information content (AvgIpc) is 2.84. The smallest absolute Gasteiger partial charge is 0.231 e. The summed E-state index contributed by atoms with van der Waals surface area (Å²) in [5, 5.41) is 0.460.